The van der Waals surface area contributed by atoms with Gasteiger partial charge in [0.05, 0.1) is 10.3 Å². The Balaban J connectivity index is 1.54. The molecule has 0 atom stereocenters. The van der Waals surface area contributed by atoms with Crippen LogP contribution in [0.25, 0.3) is 11.0 Å². The summed E-state index contributed by atoms with van der Waals surface area (Å²) in [6, 6.07) is 11.7. The third kappa shape index (κ3) is 4.81. The molecule has 0 aliphatic heterocycles. The summed E-state index contributed by atoms with van der Waals surface area (Å²) in [6.07, 6.45) is 0. The molecule has 34 heavy (non-hydrogen) atoms. The van der Waals surface area contributed by atoms with Crippen LogP contribution >= 0.6 is 0 Å². The van der Waals surface area contributed by atoms with Crippen LogP contribution < -0.4 is 15.5 Å². The molecule has 0 bridgehead atoms. The van der Waals surface area contributed by atoms with Crippen LogP contribution in [0.3, 0.4) is 0 Å². The van der Waals surface area contributed by atoms with E-state index in [1.807, 2.05) is 13.8 Å². The molecule has 4 aromatic rings. The predicted molar refractivity (Wildman–Crippen MR) is 129 cm³/mol. The summed E-state index contributed by atoms with van der Waals surface area (Å²) >= 11 is 0. The van der Waals surface area contributed by atoms with Crippen molar-refractivity contribution in [2.45, 2.75) is 32.6 Å². The fourth-order valence-electron chi connectivity index (χ4n) is 3.40. The highest BCUT2D eigenvalue weighted by Gasteiger charge is 2.17. The van der Waals surface area contributed by atoms with E-state index in [0.29, 0.717) is 28.2 Å². The Labute approximate surface area is 195 Å². The van der Waals surface area contributed by atoms with Crippen LogP contribution in [0.1, 0.15) is 33.2 Å². The first-order valence-corrected chi connectivity index (χ1v) is 11.8. The molecule has 9 nitrogen and oxygen atoms in total. The fraction of sp³-hybridized carbons (Fsp3) is 0.167. The van der Waals surface area contributed by atoms with Crippen molar-refractivity contribution in [2.24, 2.45) is 0 Å². The molecule has 0 radical (unpaired) electrons. The van der Waals surface area contributed by atoms with Gasteiger partial charge in [0, 0.05) is 23.5 Å². The highest BCUT2D eigenvalue weighted by Crippen LogP contribution is 2.20. The maximum atomic E-state index is 12.7. The third-order valence-corrected chi connectivity index (χ3v) is 6.57. The van der Waals surface area contributed by atoms with Crippen molar-refractivity contribution in [3.8, 4) is 0 Å². The van der Waals surface area contributed by atoms with Crippen molar-refractivity contribution >= 4 is 38.4 Å². The number of carbonyl (C=O) groups excluding carboxylic acids is 1. The highest BCUT2D eigenvalue weighted by molar-refractivity contribution is 7.92. The summed E-state index contributed by atoms with van der Waals surface area (Å²) in [5.74, 6) is -0.160. The largest absolute Gasteiger partial charge is 0.451 e. The Morgan fingerprint density at radius 3 is 2.26 bits per heavy atom. The number of sulfonamides is 1. The van der Waals surface area contributed by atoms with Gasteiger partial charge < -0.3 is 9.73 Å². The van der Waals surface area contributed by atoms with Gasteiger partial charge in [-0.3, -0.25) is 14.3 Å². The molecule has 0 fully saturated rings. The van der Waals surface area contributed by atoms with Gasteiger partial charge in [0.15, 0.2) is 11.2 Å². The minimum atomic E-state index is -3.89. The summed E-state index contributed by atoms with van der Waals surface area (Å²) in [6.45, 7) is 7.19. The second kappa shape index (κ2) is 8.71. The molecule has 0 aliphatic rings. The van der Waals surface area contributed by atoms with Crippen LogP contribution in [0.2, 0.25) is 0 Å². The predicted octanol–water partition coefficient (Wildman–Crippen LogP) is 3.87. The van der Waals surface area contributed by atoms with Gasteiger partial charge in [0.2, 0.25) is 0 Å². The molecule has 2 N–H and O–H groups in total. The maximum absolute atomic E-state index is 12.7. The number of fused-ring (bicyclic) bond motifs is 1. The van der Waals surface area contributed by atoms with Gasteiger partial charge in [-0.2, -0.15) is 0 Å². The number of hydrogen-bond acceptors (Lipinski definition) is 7. The molecule has 0 unspecified atom stereocenters. The van der Waals surface area contributed by atoms with Crippen LogP contribution in [-0.2, 0) is 10.0 Å². The zero-order chi connectivity index (χ0) is 24.6. The van der Waals surface area contributed by atoms with E-state index in [1.165, 1.54) is 30.3 Å². The second-order valence-corrected chi connectivity index (χ2v) is 9.62. The van der Waals surface area contributed by atoms with Gasteiger partial charge in [0.25, 0.3) is 15.9 Å². The third-order valence-electron chi connectivity index (χ3n) is 5.19. The summed E-state index contributed by atoms with van der Waals surface area (Å²) in [5, 5.41) is 3.01. The smallest absolute Gasteiger partial charge is 0.291 e. The molecule has 0 aliphatic carbocycles. The number of aryl methyl sites for hydroxylation is 4. The van der Waals surface area contributed by atoms with Crippen LogP contribution in [0.4, 0.5) is 11.5 Å². The topological polar surface area (TPSA) is 131 Å². The van der Waals surface area contributed by atoms with Gasteiger partial charge in [-0.25, -0.2) is 18.4 Å². The van der Waals surface area contributed by atoms with Crippen LogP contribution in [-0.4, -0.2) is 24.3 Å². The first kappa shape index (κ1) is 23.1. The lowest BCUT2D eigenvalue weighted by molar-refractivity contribution is 0.0997. The van der Waals surface area contributed by atoms with Crippen molar-refractivity contribution in [3.05, 3.63) is 87.2 Å². The van der Waals surface area contributed by atoms with E-state index in [9.17, 15) is 18.0 Å². The number of benzene rings is 2. The van der Waals surface area contributed by atoms with Crippen molar-refractivity contribution in [2.75, 3.05) is 10.0 Å². The van der Waals surface area contributed by atoms with Gasteiger partial charge in [-0.1, -0.05) is 0 Å². The molecule has 2 aromatic heterocycles. The van der Waals surface area contributed by atoms with Crippen molar-refractivity contribution in [1.29, 1.82) is 0 Å². The van der Waals surface area contributed by atoms with Crippen LogP contribution in [0.5, 0.6) is 0 Å². The Hall–Kier alpha value is -4.05. The number of amides is 1. The normalized spacial score (nSPS) is 11.4. The molecule has 4 rings (SSSR count). The van der Waals surface area contributed by atoms with Gasteiger partial charge in [0.1, 0.15) is 17.2 Å². The summed E-state index contributed by atoms with van der Waals surface area (Å²) in [7, 11) is -3.89. The van der Waals surface area contributed by atoms with E-state index in [1.54, 1.807) is 26.0 Å². The van der Waals surface area contributed by atoms with E-state index in [2.05, 4.69) is 20.0 Å². The minimum absolute atomic E-state index is 0.0116. The van der Waals surface area contributed by atoms with Gasteiger partial charge in [-0.05, 0) is 75.2 Å². The van der Waals surface area contributed by atoms with Gasteiger partial charge >= 0.3 is 0 Å². The lowest BCUT2D eigenvalue weighted by atomic mass is 10.1. The molecule has 2 aromatic carbocycles. The SMILES string of the molecule is Cc1cc(NS(=O)(=O)c2ccc(NC(=O)c3cc(=O)c4cc(C)c(C)cc4o3)cc2)nc(C)n1. The molecule has 2 heterocycles. The lowest BCUT2D eigenvalue weighted by Gasteiger charge is -2.10. The highest BCUT2D eigenvalue weighted by atomic mass is 32.2. The lowest BCUT2D eigenvalue weighted by Crippen LogP contribution is -2.16. The zero-order valence-corrected chi connectivity index (χ0v) is 19.8. The van der Waals surface area contributed by atoms with Gasteiger partial charge in [-0.15, -0.1) is 0 Å². The van der Waals surface area contributed by atoms with E-state index >= 15 is 0 Å². The summed E-state index contributed by atoms with van der Waals surface area (Å²) in [5.41, 5.74) is 2.85. The maximum Gasteiger partial charge on any atom is 0.291 e. The summed E-state index contributed by atoms with van der Waals surface area (Å²) in [4.78, 5) is 33.3. The molecule has 0 saturated heterocycles. The van der Waals surface area contributed by atoms with Crippen LogP contribution in [0.15, 0.2) is 62.6 Å². The Morgan fingerprint density at radius 2 is 1.59 bits per heavy atom. The number of nitrogens with zero attached hydrogens (tertiary/aromatic N) is 2. The number of aromatic nitrogens is 2. The molecular formula is C24H22N4O5S. The zero-order valence-electron chi connectivity index (χ0n) is 19.0. The molecule has 174 valence electrons. The Bertz CT molecular complexity index is 1570. The van der Waals surface area contributed by atoms with E-state index < -0.39 is 15.9 Å². The first-order chi connectivity index (χ1) is 16.0. The molecule has 10 heteroatoms. The monoisotopic (exact) mass is 478 g/mol. The summed E-state index contributed by atoms with van der Waals surface area (Å²) < 4.78 is 33.4. The Morgan fingerprint density at radius 1 is 0.912 bits per heavy atom. The first-order valence-electron chi connectivity index (χ1n) is 10.3. The number of nitrogens with one attached hydrogen (secondary N) is 2. The minimum Gasteiger partial charge on any atom is -0.451 e. The van der Waals surface area contributed by atoms with Crippen molar-refractivity contribution < 1.29 is 17.6 Å². The molecule has 0 saturated carbocycles. The van der Waals surface area contributed by atoms with Crippen LogP contribution in [0, 0.1) is 27.7 Å². The number of rotatable bonds is 5. The van der Waals surface area contributed by atoms with Crippen molar-refractivity contribution in [1.82, 2.24) is 9.97 Å². The van der Waals surface area contributed by atoms with E-state index in [-0.39, 0.29) is 21.9 Å². The quantitative estimate of drug-likeness (QED) is 0.445. The molecular weight excluding hydrogens is 456 g/mol. The molecule has 0 spiro atoms. The standard InChI is InChI=1S/C24H22N4O5S/c1-13-9-19-20(29)12-22(33-21(19)10-14(13)2)24(30)27-17-5-7-18(8-6-17)34(31,32)28-23-11-15(3)25-16(4)26-23/h5-12H,1-4H3,(H,27,30)(H,25,26,28). The second-order valence-electron chi connectivity index (χ2n) is 7.93. The average molecular weight is 479 g/mol. The number of anilines is 2. The average Bonchev–Trinajstić information content (AvgIpc) is 2.74. The van der Waals surface area contributed by atoms with E-state index in [0.717, 1.165) is 17.2 Å². The van der Waals surface area contributed by atoms with Crippen molar-refractivity contribution in [3.63, 3.8) is 0 Å². The molecule has 1 amide bonds. The van der Waals surface area contributed by atoms with E-state index in [4.69, 9.17) is 4.42 Å². The number of hydrogen-bond donors (Lipinski definition) is 2. The Kier molecular flexibility index (Phi) is 5.92. The number of carbonyl (C=O) groups is 1. The fourth-order valence-corrected chi connectivity index (χ4v) is 4.39.